The van der Waals surface area contributed by atoms with Gasteiger partial charge in [-0.2, -0.15) is 0 Å². The van der Waals surface area contributed by atoms with Crippen LogP contribution in [0.15, 0.2) is 11.9 Å². The van der Waals surface area contributed by atoms with Crippen LogP contribution in [0.1, 0.15) is 13.8 Å². The molecule has 0 aliphatic carbocycles. The van der Waals surface area contributed by atoms with Crippen LogP contribution in [0.5, 0.6) is 0 Å². The lowest BCUT2D eigenvalue weighted by atomic mass is 10.5. The van der Waals surface area contributed by atoms with Gasteiger partial charge in [0.05, 0.1) is 6.67 Å². The van der Waals surface area contributed by atoms with Crippen molar-refractivity contribution < 1.29 is 0 Å². The quantitative estimate of drug-likeness (QED) is 0.538. The van der Waals surface area contributed by atoms with Crippen LogP contribution in [0, 0.1) is 0 Å². The standard InChI is InChI=1S/C6H12N2/c1-3-8-5-7-4-6(8)2/h4,7H,3,5H2,1-2H3. The smallest absolute Gasteiger partial charge is 0.0869 e. The summed E-state index contributed by atoms with van der Waals surface area (Å²) >= 11 is 0. The molecule has 0 radical (unpaired) electrons. The summed E-state index contributed by atoms with van der Waals surface area (Å²) in [5.41, 5.74) is 1.34. The molecule has 1 heterocycles. The lowest BCUT2D eigenvalue weighted by Crippen LogP contribution is -2.22. The zero-order valence-electron chi connectivity index (χ0n) is 5.44. The Morgan fingerprint density at radius 1 is 1.88 bits per heavy atom. The first-order valence-corrected chi connectivity index (χ1v) is 2.99. The molecule has 0 spiro atoms. The highest BCUT2D eigenvalue weighted by molar-refractivity contribution is 5.00. The van der Waals surface area contributed by atoms with Gasteiger partial charge < -0.3 is 10.2 Å². The summed E-state index contributed by atoms with van der Waals surface area (Å²) in [7, 11) is 0. The minimum absolute atomic E-state index is 0.988. The molecule has 1 rings (SSSR count). The molecule has 0 atom stereocenters. The first kappa shape index (κ1) is 5.48. The second kappa shape index (κ2) is 2.07. The van der Waals surface area contributed by atoms with Crippen LogP contribution in [0.2, 0.25) is 0 Å². The highest BCUT2D eigenvalue weighted by Crippen LogP contribution is 2.04. The van der Waals surface area contributed by atoms with E-state index in [1.54, 1.807) is 0 Å². The number of hydrogen-bond acceptors (Lipinski definition) is 2. The van der Waals surface area contributed by atoms with E-state index in [1.165, 1.54) is 5.70 Å². The molecule has 0 fully saturated rings. The summed E-state index contributed by atoms with van der Waals surface area (Å²) in [6, 6.07) is 0. The highest BCUT2D eigenvalue weighted by atomic mass is 15.3. The van der Waals surface area contributed by atoms with E-state index in [1.807, 2.05) is 6.20 Å². The van der Waals surface area contributed by atoms with Crippen molar-refractivity contribution in [2.45, 2.75) is 13.8 Å². The fraction of sp³-hybridized carbons (Fsp3) is 0.667. The van der Waals surface area contributed by atoms with Crippen molar-refractivity contribution in [3.8, 4) is 0 Å². The molecule has 0 aromatic carbocycles. The molecule has 0 bridgehead atoms. The number of allylic oxidation sites excluding steroid dienone is 1. The van der Waals surface area contributed by atoms with Crippen molar-refractivity contribution in [1.29, 1.82) is 0 Å². The van der Waals surface area contributed by atoms with Crippen LogP contribution in [-0.2, 0) is 0 Å². The molecule has 8 heavy (non-hydrogen) atoms. The molecule has 2 nitrogen and oxygen atoms in total. The Hall–Kier alpha value is -0.660. The molecule has 1 aliphatic rings. The normalized spacial score (nSPS) is 18.2. The van der Waals surface area contributed by atoms with E-state index in [4.69, 9.17) is 0 Å². The van der Waals surface area contributed by atoms with Crippen LogP contribution in [0.3, 0.4) is 0 Å². The lowest BCUT2D eigenvalue weighted by Gasteiger charge is -2.14. The Kier molecular flexibility index (Phi) is 1.42. The Morgan fingerprint density at radius 3 is 2.88 bits per heavy atom. The fourth-order valence-electron chi connectivity index (χ4n) is 0.881. The van der Waals surface area contributed by atoms with E-state index in [-0.39, 0.29) is 0 Å². The van der Waals surface area contributed by atoms with Crippen LogP contribution in [0.4, 0.5) is 0 Å². The van der Waals surface area contributed by atoms with Gasteiger partial charge >= 0.3 is 0 Å². The predicted molar refractivity (Wildman–Crippen MR) is 34.1 cm³/mol. The summed E-state index contributed by atoms with van der Waals surface area (Å²) in [5, 5.41) is 3.14. The van der Waals surface area contributed by atoms with E-state index in [2.05, 4.69) is 24.1 Å². The van der Waals surface area contributed by atoms with Gasteiger partial charge in [0.15, 0.2) is 0 Å². The molecule has 46 valence electrons. The van der Waals surface area contributed by atoms with Crippen molar-refractivity contribution in [2.24, 2.45) is 0 Å². The third-order valence-corrected chi connectivity index (χ3v) is 1.47. The van der Waals surface area contributed by atoms with Gasteiger partial charge in [0.25, 0.3) is 0 Å². The van der Waals surface area contributed by atoms with Gasteiger partial charge in [-0.25, -0.2) is 0 Å². The third-order valence-electron chi connectivity index (χ3n) is 1.47. The van der Waals surface area contributed by atoms with Gasteiger partial charge in [0, 0.05) is 18.4 Å². The van der Waals surface area contributed by atoms with Crippen LogP contribution >= 0.6 is 0 Å². The van der Waals surface area contributed by atoms with Gasteiger partial charge in [-0.3, -0.25) is 0 Å². The summed E-state index contributed by atoms with van der Waals surface area (Å²) < 4.78 is 0. The minimum atomic E-state index is 0.988. The number of hydrogen-bond donors (Lipinski definition) is 1. The Bertz CT molecular complexity index is 107. The second-order valence-corrected chi connectivity index (χ2v) is 2.00. The number of nitrogens with one attached hydrogen (secondary N) is 1. The topological polar surface area (TPSA) is 15.3 Å². The molecule has 2 heteroatoms. The molecule has 0 saturated carbocycles. The van der Waals surface area contributed by atoms with Crippen molar-refractivity contribution in [3.05, 3.63) is 11.9 Å². The van der Waals surface area contributed by atoms with Crippen LogP contribution in [0.25, 0.3) is 0 Å². The molecule has 0 aromatic heterocycles. The monoisotopic (exact) mass is 112 g/mol. The number of rotatable bonds is 1. The maximum Gasteiger partial charge on any atom is 0.0869 e. The Labute approximate surface area is 50.2 Å². The van der Waals surface area contributed by atoms with Gasteiger partial charge in [0.2, 0.25) is 0 Å². The first-order chi connectivity index (χ1) is 3.84. The molecule has 1 N–H and O–H groups in total. The fourth-order valence-corrected chi connectivity index (χ4v) is 0.881. The van der Waals surface area contributed by atoms with E-state index >= 15 is 0 Å². The Balaban J connectivity index is 2.46. The molecular formula is C6H12N2. The van der Waals surface area contributed by atoms with Crippen molar-refractivity contribution in [3.63, 3.8) is 0 Å². The van der Waals surface area contributed by atoms with E-state index in [0.717, 1.165) is 13.2 Å². The highest BCUT2D eigenvalue weighted by Gasteiger charge is 2.05. The Morgan fingerprint density at radius 2 is 2.62 bits per heavy atom. The van der Waals surface area contributed by atoms with Gasteiger partial charge in [0.1, 0.15) is 0 Å². The number of nitrogens with zero attached hydrogens (tertiary/aromatic N) is 1. The summed E-state index contributed by atoms with van der Waals surface area (Å²) in [6.07, 6.45) is 2.05. The molecule has 0 saturated heterocycles. The largest absolute Gasteiger partial charge is 0.372 e. The lowest BCUT2D eigenvalue weighted by molar-refractivity contribution is 0.384. The molecule has 0 amide bonds. The van der Waals surface area contributed by atoms with E-state index in [0.29, 0.717) is 0 Å². The van der Waals surface area contributed by atoms with Crippen LogP contribution in [-0.4, -0.2) is 18.1 Å². The predicted octanol–water partition coefficient (Wildman–Crippen LogP) is 0.730. The van der Waals surface area contributed by atoms with Crippen molar-refractivity contribution in [1.82, 2.24) is 10.2 Å². The zero-order valence-corrected chi connectivity index (χ0v) is 5.44. The van der Waals surface area contributed by atoms with E-state index < -0.39 is 0 Å². The summed E-state index contributed by atoms with van der Waals surface area (Å²) in [4.78, 5) is 2.28. The molecule has 1 aliphatic heterocycles. The maximum absolute atomic E-state index is 3.14. The molecule has 0 unspecified atom stereocenters. The van der Waals surface area contributed by atoms with Gasteiger partial charge in [-0.05, 0) is 13.8 Å². The minimum Gasteiger partial charge on any atom is -0.372 e. The summed E-state index contributed by atoms with van der Waals surface area (Å²) in [6.45, 7) is 6.37. The maximum atomic E-state index is 3.14. The zero-order chi connectivity index (χ0) is 5.98. The average Bonchev–Trinajstić information content (AvgIpc) is 2.14. The first-order valence-electron chi connectivity index (χ1n) is 2.99. The molecule has 0 aromatic rings. The third kappa shape index (κ3) is 0.782. The molecular weight excluding hydrogens is 100 g/mol. The van der Waals surface area contributed by atoms with Crippen molar-refractivity contribution in [2.75, 3.05) is 13.2 Å². The average molecular weight is 112 g/mol. The van der Waals surface area contributed by atoms with Crippen molar-refractivity contribution >= 4 is 0 Å². The van der Waals surface area contributed by atoms with Crippen LogP contribution < -0.4 is 5.32 Å². The second-order valence-electron chi connectivity index (χ2n) is 2.00. The van der Waals surface area contributed by atoms with E-state index in [9.17, 15) is 0 Å². The SMILES string of the molecule is CCN1CNC=C1C. The summed E-state index contributed by atoms with van der Waals surface area (Å²) in [5.74, 6) is 0. The van der Waals surface area contributed by atoms with Gasteiger partial charge in [-0.1, -0.05) is 0 Å². The van der Waals surface area contributed by atoms with Gasteiger partial charge in [-0.15, -0.1) is 0 Å².